The summed E-state index contributed by atoms with van der Waals surface area (Å²) in [4.78, 5) is 47.8. The molecule has 0 aliphatic rings. The Balaban J connectivity index is 2.64. The Morgan fingerprint density at radius 1 is 1.03 bits per heavy atom. The van der Waals surface area contributed by atoms with E-state index in [0.717, 1.165) is 0 Å². The van der Waals surface area contributed by atoms with Crippen molar-refractivity contribution in [2.24, 2.45) is 11.7 Å². The maximum Gasteiger partial charge on any atom is 0.326 e. The molecule has 0 aliphatic carbocycles. The van der Waals surface area contributed by atoms with Crippen molar-refractivity contribution in [1.82, 2.24) is 16.0 Å². The lowest BCUT2D eigenvalue weighted by molar-refractivity contribution is -0.142. The van der Waals surface area contributed by atoms with E-state index in [1.807, 2.05) is 0 Å². The molecule has 0 heterocycles. The zero-order chi connectivity index (χ0) is 22.8. The average molecular weight is 441 g/mol. The van der Waals surface area contributed by atoms with Crippen LogP contribution in [0.25, 0.3) is 0 Å². The highest BCUT2D eigenvalue weighted by Crippen LogP contribution is 2.11. The number of hydrogen-bond acceptors (Lipinski definition) is 7. The van der Waals surface area contributed by atoms with Crippen LogP contribution in [0.1, 0.15) is 19.4 Å². The second-order valence-electron chi connectivity index (χ2n) is 7.06. The molecule has 3 unspecified atom stereocenters. The van der Waals surface area contributed by atoms with Gasteiger partial charge in [-0.1, -0.05) is 26.0 Å². The number of thiol groups is 1. The van der Waals surface area contributed by atoms with Gasteiger partial charge in [0.25, 0.3) is 0 Å². The third-order valence-electron chi connectivity index (χ3n) is 4.27. The predicted octanol–water partition coefficient (Wildman–Crippen LogP) is -0.982. The topological polar surface area (TPSA) is 171 Å². The van der Waals surface area contributed by atoms with Gasteiger partial charge in [-0.25, -0.2) is 4.79 Å². The SMILES string of the molecule is CC(C)C(N)C(=O)NCC(=O)NC(CS)C(=O)NC(Cc1ccc(O)cc1)C(=O)O. The van der Waals surface area contributed by atoms with Crippen molar-refractivity contribution in [2.45, 2.75) is 38.4 Å². The summed E-state index contributed by atoms with van der Waals surface area (Å²) in [6.07, 6.45) is -0.0161. The summed E-state index contributed by atoms with van der Waals surface area (Å²) in [7, 11) is 0. The first-order valence-corrected chi connectivity index (χ1v) is 9.93. The number of carboxylic acid groups (broad SMARTS) is 1. The van der Waals surface area contributed by atoms with Crippen molar-refractivity contribution in [3.8, 4) is 5.75 Å². The maximum absolute atomic E-state index is 12.4. The van der Waals surface area contributed by atoms with Crippen LogP contribution in [0.5, 0.6) is 5.75 Å². The lowest BCUT2D eigenvalue weighted by Gasteiger charge is -2.21. The summed E-state index contributed by atoms with van der Waals surface area (Å²) < 4.78 is 0. The Bertz CT molecular complexity index is 756. The van der Waals surface area contributed by atoms with Crippen LogP contribution in [0.4, 0.5) is 0 Å². The highest BCUT2D eigenvalue weighted by molar-refractivity contribution is 7.80. The Morgan fingerprint density at radius 3 is 2.13 bits per heavy atom. The Labute approximate surface area is 180 Å². The molecule has 1 aromatic rings. The summed E-state index contributed by atoms with van der Waals surface area (Å²) in [6.45, 7) is 3.15. The molecule has 3 amide bonds. The fourth-order valence-corrected chi connectivity index (χ4v) is 2.62. The van der Waals surface area contributed by atoms with Crippen LogP contribution >= 0.6 is 12.6 Å². The van der Waals surface area contributed by atoms with E-state index in [2.05, 4.69) is 28.6 Å². The summed E-state index contributed by atoms with van der Waals surface area (Å²) in [5.41, 5.74) is 6.28. The molecule has 0 saturated heterocycles. The number of phenols is 1. The third kappa shape index (κ3) is 8.29. The van der Waals surface area contributed by atoms with Gasteiger partial charge in [-0.05, 0) is 23.6 Å². The first-order chi connectivity index (χ1) is 14.0. The van der Waals surface area contributed by atoms with Crippen LogP contribution in [0.15, 0.2) is 24.3 Å². The molecule has 0 fully saturated rings. The third-order valence-corrected chi connectivity index (χ3v) is 4.63. The Hall–Kier alpha value is -2.79. The van der Waals surface area contributed by atoms with Crippen molar-refractivity contribution < 1.29 is 29.4 Å². The molecule has 0 aliphatic heterocycles. The summed E-state index contributed by atoms with van der Waals surface area (Å²) in [5, 5.41) is 25.8. The van der Waals surface area contributed by atoms with Gasteiger partial charge in [0.05, 0.1) is 12.6 Å². The summed E-state index contributed by atoms with van der Waals surface area (Å²) in [5.74, 6) is -3.27. The second-order valence-corrected chi connectivity index (χ2v) is 7.43. The van der Waals surface area contributed by atoms with Crippen molar-refractivity contribution in [3.05, 3.63) is 29.8 Å². The van der Waals surface area contributed by atoms with Gasteiger partial charge in [0, 0.05) is 12.2 Å². The predicted molar refractivity (Wildman–Crippen MR) is 113 cm³/mol. The lowest BCUT2D eigenvalue weighted by atomic mass is 10.1. The number of aromatic hydroxyl groups is 1. The molecule has 0 radical (unpaired) electrons. The largest absolute Gasteiger partial charge is 0.508 e. The smallest absolute Gasteiger partial charge is 0.326 e. The molecule has 166 valence electrons. The molecule has 0 aromatic heterocycles. The molecule has 0 saturated carbocycles. The van der Waals surface area contributed by atoms with Crippen LogP contribution in [0.2, 0.25) is 0 Å². The number of amides is 3. The van der Waals surface area contributed by atoms with Crippen molar-refractivity contribution in [3.63, 3.8) is 0 Å². The standard InChI is InChI=1S/C19H28N4O6S/c1-10(2)16(20)18(27)21-8-15(25)22-14(9-30)17(26)23-13(19(28)29)7-11-3-5-12(24)6-4-11/h3-6,10,13-14,16,24,30H,7-9,20H2,1-2H3,(H,21,27)(H,22,25)(H,23,26)(H,28,29). The van der Waals surface area contributed by atoms with Gasteiger partial charge in [0.1, 0.15) is 17.8 Å². The molecule has 0 spiro atoms. The lowest BCUT2D eigenvalue weighted by Crippen LogP contribution is -2.55. The number of hydrogen-bond donors (Lipinski definition) is 7. The quantitative estimate of drug-likeness (QED) is 0.217. The maximum atomic E-state index is 12.4. The minimum absolute atomic E-state index is 0.0161. The van der Waals surface area contributed by atoms with Crippen molar-refractivity contribution in [2.75, 3.05) is 12.3 Å². The molecule has 3 atom stereocenters. The minimum atomic E-state index is -1.25. The number of nitrogens with one attached hydrogen (secondary N) is 3. The molecule has 7 N–H and O–H groups in total. The molecule has 30 heavy (non-hydrogen) atoms. The van der Waals surface area contributed by atoms with E-state index >= 15 is 0 Å². The Kier molecular flexibility index (Phi) is 10.1. The van der Waals surface area contributed by atoms with Crippen LogP contribution in [-0.2, 0) is 25.6 Å². The molecule has 10 nitrogen and oxygen atoms in total. The zero-order valence-corrected chi connectivity index (χ0v) is 17.7. The van der Waals surface area contributed by atoms with Gasteiger partial charge in [0.2, 0.25) is 17.7 Å². The number of aliphatic carboxylic acids is 1. The van der Waals surface area contributed by atoms with E-state index in [1.54, 1.807) is 26.0 Å². The normalized spacial score (nSPS) is 13.8. The number of nitrogens with two attached hydrogens (primary N) is 1. The van der Waals surface area contributed by atoms with Crippen molar-refractivity contribution in [1.29, 1.82) is 0 Å². The Morgan fingerprint density at radius 2 is 1.63 bits per heavy atom. The first kappa shape index (κ1) is 25.2. The number of benzene rings is 1. The van der Waals surface area contributed by atoms with Gasteiger partial charge in [-0.15, -0.1) is 0 Å². The van der Waals surface area contributed by atoms with Crippen LogP contribution < -0.4 is 21.7 Å². The fraction of sp³-hybridized carbons (Fsp3) is 0.474. The van der Waals surface area contributed by atoms with Crippen molar-refractivity contribution >= 4 is 36.3 Å². The highest BCUT2D eigenvalue weighted by atomic mass is 32.1. The number of rotatable bonds is 11. The zero-order valence-electron chi connectivity index (χ0n) is 16.8. The fourth-order valence-electron chi connectivity index (χ4n) is 2.37. The van der Waals surface area contributed by atoms with Gasteiger partial charge in [-0.2, -0.15) is 12.6 Å². The van der Waals surface area contributed by atoms with E-state index in [0.29, 0.717) is 5.56 Å². The number of phenolic OH excluding ortho intramolecular Hbond substituents is 1. The molecule has 1 aromatic carbocycles. The van der Waals surface area contributed by atoms with Crippen LogP contribution in [-0.4, -0.2) is 64.3 Å². The summed E-state index contributed by atoms with van der Waals surface area (Å²) >= 11 is 4.02. The monoisotopic (exact) mass is 440 g/mol. The first-order valence-electron chi connectivity index (χ1n) is 9.29. The molecule has 1 rings (SSSR count). The molecule has 0 bridgehead atoms. The van der Waals surface area contributed by atoms with Gasteiger partial charge >= 0.3 is 5.97 Å². The van der Waals surface area contributed by atoms with E-state index in [4.69, 9.17) is 5.73 Å². The van der Waals surface area contributed by atoms with Crippen LogP contribution in [0.3, 0.4) is 0 Å². The minimum Gasteiger partial charge on any atom is -0.508 e. The van der Waals surface area contributed by atoms with E-state index in [-0.39, 0.29) is 30.4 Å². The van der Waals surface area contributed by atoms with E-state index in [9.17, 15) is 29.4 Å². The van der Waals surface area contributed by atoms with Gasteiger partial charge in [-0.3, -0.25) is 14.4 Å². The van der Waals surface area contributed by atoms with E-state index < -0.39 is 41.8 Å². The number of carboxylic acids is 1. The van der Waals surface area contributed by atoms with Crippen LogP contribution in [0, 0.1) is 5.92 Å². The summed E-state index contributed by atoms with van der Waals surface area (Å²) in [6, 6.07) is 2.79. The second kappa shape index (κ2) is 12.0. The number of carbonyl (C=O) groups excluding carboxylic acids is 3. The molecular formula is C19H28N4O6S. The molecule has 11 heteroatoms. The van der Waals surface area contributed by atoms with Gasteiger partial charge in [0.15, 0.2) is 0 Å². The molecular weight excluding hydrogens is 412 g/mol. The highest BCUT2D eigenvalue weighted by Gasteiger charge is 2.26. The van der Waals surface area contributed by atoms with E-state index in [1.165, 1.54) is 12.1 Å². The van der Waals surface area contributed by atoms with Gasteiger partial charge < -0.3 is 31.9 Å². The number of carbonyl (C=O) groups is 4. The average Bonchev–Trinajstić information content (AvgIpc) is 2.70.